The van der Waals surface area contributed by atoms with Crippen molar-refractivity contribution in [2.45, 2.75) is 13.8 Å². The summed E-state index contributed by atoms with van der Waals surface area (Å²) in [6.45, 7) is 2.13. The number of hydrogen-bond acceptors (Lipinski definition) is 2. The van der Waals surface area contributed by atoms with Gasteiger partial charge in [-0.2, -0.15) is 0 Å². The van der Waals surface area contributed by atoms with E-state index in [4.69, 9.17) is 16.7 Å². The Morgan fingerprint density at radius 1 is 1.64 bits per heavy atom. The van der Waals surface area contributed by atoms with Crippen molar-refractivity contribution < 1.29 is 9.42 Å². The van der Waals surface area contributed by atoms with E-state index >= 15 is 0 Å². The van der Waals surface area contributed by atoms with Crippen LogP contribution >= 0.6 is 6.64 Å². The number of nitrogens with one attached hydrogen (secondary N) is 1. The summed E-state index contributed by atoms with van der Waals surface area (Å²) in [6, 6.07) is 0. The van der Waals surface area contributed by atoms with Gasteiger partial charge in [0, 0.05) is 43.2 Å². The molecule has 6 heteroatoms. The van der Waals surface area contributed by atoms with Crippen molar-refractivity contribution in [3.63, 3.8) is 0 Å². The molecule has 0 aliphatic heterocycles. The molecule has 1 unspecified atom stereocenters. The van der Waals surface area contributed by atoms with E-state index in [0.717, 1.165) is 0 Å². The molecule has 0 rings (SSSR count). The standard InChI is InChI=1S/C5H14NO2PS.Na/c1-5(2)4-6-9(7,10)8-3;/h5H,4H2,1-3H3,(H2,6,7,10);. The summed E-state index contributed by atoms with van der Waals surface area (Å²) in [4.78, 5) is 9.16. The number of rotatable bonds is 4. The van der Waals surface area contributed by atoms with Gasteiger partial charge in [-0.25, -0.2) is 5.09 Å². The molecular formula is C5H14NNaO2PS. The first kappa shape index (κ1) is 15.0. The predicted octanol–water partition coefficient (Wildman–Crippen LogP) is 0.714. The van der Waals surface area contributed by atoms with Crippen LogP contribution in [0.2, 0.25) is 0 Å². The van der Waals surface area contributed by atoms with Crippen molar-refractivity contribution in [1.82, 2.24) is 5.09 Å². The van der Waals surface area contributed by atoms with Gasteiger partial charge in [-0.15, -0.1) is 0 Å². The normalized spacial score (nSPS) is 15.7. The first-order chi connectivity index (χ1) is 4.48. The van der Waals surface area contributed by atoms with E-state index in [1.807, 2.05) is 13.8 Å². The van der Waals surface area contributed by atoms with Crippen LogP contribution in [0.15, 0.2) is 0 Å². The summed E-state index contributed by atoms with van der Waals surface area (Å²) in [5.74, 6) is 0.477. The summed E-state index contributed by atoms with van der Waals surface area (Å²) in [7, 11) is 1.41. The van der Waals surface area contributed by atoms with Crippen molar-refractivity contribution in [1.29, 1.82) is 0 Å². The van der Waals surface area contributed by atoms with Gasteiger partial charge in [-0.1, -0.05) is 13.8 Å². The van der Waals surface area contributed by atoms with Crippen LogP contribution in [0.25, 0.3) is 0 Å². The SMILES string of the molecule is COP(O)(=S)NCC(C)C.[Na]. The van der Waals surface area contributed by atoms with Gasteiger partial charge in [-0.05, 0) is 17.7 Å². The molecule has 0 aromatic rings. The van der Waals surface area contributed by atoms with Crippen LogP contribution in [0.3, 0.4) is 0 Å². The second-order valence-electron chi connectivity index (χ2n) is 2.46. The molecular weight excluding hydrogens is 192 g/mol. The van der Waals surface area contributed by atoms with Crippen LogP contribution in [0.4, 0.5) is 0 Å². The van der Waals surface area contributed by atoms with Crippen molar-refractivity contribution in [3.8, 4) is 0 Å². The summed E-state index contributed by atoms with van der Waals surface area (Å²) in [5, 5.41) is 2.77. The maximum absolute atomic E-state index is 9.16. The molecule has 0 saturated heterocycles. The first-order valence-corrected chi connectivity index (χ1v) is 5.79. The van der Waals surface area contributed by atoms with Crippen LogP contribution in [0.1, 0.15) is 13.8 Å². The largest absolute Gasteiger partial charge is 0.334 e. The fourth-order valence-corrected chi connectivity index (χ4v) is 1.31. The maximum atomic E-state index is 9.16. The second kappa shape index (κ2) is 6.98. The van der Waals surface area contributed by atoms with Crippen molar-refractivity contribution in [3.05, 3.63) is 0 Å². The maximum Gasteiger partial charge on any atom is 0.258 e. The van der Waals surface area contributed by atoms with Crippen LogP contribution in [0.5, 0.6) is 0 Å². The summed E-state index contributed by atoms with van der Waals surface area (Å²) in [5.41, 5.74) is 0. The molecule has 0 bridgehead atoms. The van der Waals surface area contributed by atoms with E-state index in [1.54, 1.807) is 0 Å². The van der Waals surface area contributed by atoms with Gasteiger partial charge in [0.1, 0.15) is 0 Å². The van der Waals surface area contributed by atoms with E-state index in [0.29, 0.717) is 12.5 Å². The Kier molecular flexibility index (Phi) is 9.54. The van der Waals surface area contributed by atoms with Crippen LogP contribution in [0, 0.1) is 5.92 Å². The average Bonchev–Trinajstić information content (AvgIpc) is 1.85. The van der Waals surface area contributed by atoms with Crippen molar-refractivity contribution >= 4 is 48.0 Å². The molecule has 2 N–H and O–H groups in total. The van der Waals surface area contributed by atoms with E-state index in [2.05, 4.69) is 9.61 Å². The van der Waals surface area contributed by atoms with Gasteiger partial charge in [0.15, 0.2) is 0 Å². The zero-order chi connectivity index (χ0) is 8.20. The van der Waals surface area contributed by atoms with Gasteiger partial charge >= 0.3 is 0 Å². The van der Waals surface area contributed by atoms with E-state index in [1.165, 1.54) is 7.11 Å². The molecule has 0 saturated carbocycles. The molecule has 63 valence electrons. The monoisotopic (exact) mass is 206 g/mol. The number of hydrogen-bond donors (Lipinski definition) is 2. The molecule has 0 aliphatic rings. The fraction of sp³-hybridized carbons (Fsp3) is 1.00. The molecule has 0 aliphatic carbocycles. The van der Waals surface area contributed by atoms with Crippen LogP contribution in [-0.2, 0) is 16.3 Å². The smallest absolute Gasteiger partial charge is 0.258 e. The van der Waals surface area contributed by atoms with Gasteiger partial charge in [-0.3, -0.25) is 0 Å². The van der Waals surface area contributed by atoms with E-state index in [9.17, 15) is 0 Å². The Balaban J connectivity index is 0. The Morgan fingerprint density at radius 3 is 2.36 bits per heavy atom. The van der Waals surface area contributed by atoms with Crippen molar-refractivity contribution in [2.24, 2.45) is 5.92 Å². The molecule has 3 nitrogen and oxygen atoms in total. The average molecular weight is 206 g/mol. The molecule has 0 amide bonds. The summed E-state index contributed by atoms with van der Waals surface area (Å²) >= 11 is 4.70. The van der Waals surface area contributed by atoms with Gasteiger partial charge in [0.05, 0.1) is 0 Å². The summed E-state index contributed by atoms with van der Waals surface area (Å²) in [6.07, 6.45) is 0. The molecule has 1 atom stereocenters. The minimum Gasteiger partial charge on any atom is -0.334 e. The molecule has 0 heterocycles. The second-order valence-corrected chi connectivity index (χ2v) is 5.67. The van der Waals surface area contributed by atoms with Crippen LogP contribution < -0.4 is 5.09 Å². The minimum atomic E-state index is -2.64. The van der Waals surface area contributed by atoms with Gasteiger partial charge in [0.2, 0.25) is 0 Å². The topological polar surface area (TPSA) is 41.5 Å². The third kappa shape index (κ3) is 9.44. The Bertz CT molecular complexity index is 144. The van der Waals surface area contributed by atoms with Crippen LogP contribution in [-0.4, -0.2) is 48.1 Å². The van der Waals surface area contributed by atoms with Crippen molar-refractivity contribution in [2.75, 3.05) is 13.7 Å². The predicted molar refractivity (Wildman–Crippen MR) is 52.1 cm³/mol. The molecule has 11 heavy (non-hydrogen) atoms. The van der Waals surface area contributed by atoms with Gasteiger partial charge < -0.3 is 9.42 Å². The molecule has 0 aromatic heterocycles. The molecule has 0 fully saturated rings. The third-order valence-corrected chi connectivity index (χ3v) is 2.86. The van der Waals surface area contributed by atoms with Gasteiger partial charge in [0.25, 0.3) is 6.64 Å². The fourth-order valence-electron chi connectivity index (χ4n) is 0.362. The molecule has 0 aromatic carbocycles. The minimum absolute atomic E-state index is 0. The Hall–Kier alpha value is 1.53. The first-order valence-electron chi connectivity index (χ1n) is 3.11. The van der Waals surface area contributed by atoms with E-state index in [-0.39, 0.29) is 29.6 Å². The third-order valence-electron chi connectivity index (χ3n) is 0.947. The summed E-state index contributed by atoms with van der Waals surface area (Å²) < 4.78 is 4.66. The zero-order valence-electron chi connectivity index (χ0n) is 7.50. The molecule has 1 radical (unpaired) electrons. The van der Waals surface area contributed by atoms with E-state index < -0.39 is 6.64 Å². The zero-order valence-corrected chi connectivity index (χ0v) is 11.2. The molecule has 0 spiro atoms. The quantitative estimate of drug-likeness (QED) is 0.525. The Morgan fingerprint density at radius 2 is 2.09 bits per heavy atom. The Labute approximate surface area is 95.4 Å².